The van der Waals surface area contributed by atoms with Crippen LogP contribution in [0.4, 0.5) is 5.82 Å². The van der Waals surface area contributed by atoms with Crippen LogP contribution in [0.1, 0.15) is 32.3 Å². The highest BCUT2D eigenvalue weighted by Gasteiger charge is 2.22. The Morgan fingerprint density at radius 3 is 2.00 bits per heavy atom. The maximum absolute atomic E-state index is 5.80. The van der Waals surface area contributed by atoms with Crippen molar-refractivity contribution in [3.63, 3.8) is 0 Å². The zero-order valence-corrected chi connectivity index (χ0v) is 8.47. The van der Waals surface area contributed by atoms with Crippen molar-refractivity contribution < 1.29 is 0 Å². The molecule has 3 nitrogen and oxygen atoms in total. The van der Waals surface area contributed by atoms with Gasteiger partial charge in [0.05, 0.1) is 5.69 Å². The lowest BCUT2D eigenvalue weighted by Gasteiger charge is -2.19. The first-order valence-corrected chi connectivity index (χ1v) is 4.13. The summed E-state index contributed by atoms with van der Waals surface area (Å²) in [4.78, 5) is 4.22. The Hall–Kier alpha value is -0.990. The van der Waals surface area contributed by atoms with Gasteiger partial charge in [0, 0.05) is 12.5 Å². The largest absolute Gasteiger partial charge is 0.382 e. The van der Waals surface area contributed by atoms with Crippen LogP contribution < -0.4 is 5.73 Å². The maximum Gasteiger partial charge on any atom is 0.145 e. The molecule has 1 aromatic heterocycles. The summed E-state index contributed by atoms with van der Waals surface area (Å²) in [5, 5.41) is 0. The van der Waals surface area contributed by atoms with Crippen LogP contribution in [-0.4, -0.2) is 9.55 Å². The first-order valence-electron chi connectivity index (χ1n) is 4.13. The van der Waals surface area contributed by atoms with E-state index in [4.69, 9.17) is 5.73 Å². The summed E-state index contributed by atoms with van der Waals surface area (Å²) in [5.74, 6) is 1.62. The van der Waals surface area contributed by atoms with E-state index < -0.39 is 0 Å². The van der Waals surface area contributed by atoms with Crippen molar-refractivity contribution in [2.45, 2.75) is 33.1 Å². The molecule has 0 saturated carbocycles. The number of nitrogen functional groups attached to an aromatic ring is 1. The summed E-state index contributed by atoms with van der Waals surface area (Å²) in [6, 6.07) is 0. The molecule has 1 heterocycles. The fourth-order valence-electron chi connectivity index (χ4n) is 1.52. The fourth-order valence-corrected chi connectivity index (χ4v) is 1.52. The van der Waals surface area contributed by atoms with Gasteiger partial charge in [0.25, 0.3) is 0 Å². The summed E-state index contributed by atoms with van der Waals surface area (Å²) in [7, 11) is 2.00. The van der Waals surface area contributed by atoms with E-state index >= 15 is 0 Å². The average Bonchev–Trinajstić information content (AvgIpc) is 2.05. The van der Waals surface area contributed by atoms with Gasteiger partial charge in [0.2, 0.25) is 0 Å². The minimum atomic E-state index is 0.0695. The van der Waals surface area contributed by atoms with Crippen LogP contribution in [0, 0.1) is 6.92 Å². The van der Waals surface area contributed by atoms with Crippen molar-refractivity contribution in [2.75, 3.05) is 5.73 Å². The van der Waals surface area contributed by atoms with Gasteiger partial charge >= 0.3 is 0 Å². The number of aryl methyl sites for hydroxylation is 1. The number of hydrogen-bond donors (Lipinski definition) is 1. The number of nitrogens with two attached hydrogens (primary N) is 1. The number of nitrogens with zero attached hydrogens (tertiary/aromatic N) is 2. The first kappa shape index (κ1) is 9.10. The molecule has 0 aliphatic heterocycles. The summed E-state index contributed by atoms with van der Waals surface area (Å²) < 4.78 is 2.05. The molecule has 0 amide bonds. The molecule has 0 aliphatic carbocycles. The topological polar surface area (TPSA) is 43.8 Å². The molecule has 0 fully saturated rings. The van der Waals surface area contributed by atoms with Gasteiger partial charge in [-0.05, 0) is 6.92 Å². The molecule has 0 aromatic carbocycles. The van der Waals surface area contributed by atoms with Gasteiger partial charge in [-0.15, -0.1) is 0 Å². The van der Waals surface area contributed by atoms with Gasteiger partial charge in [-0.25, -0.2) is 4.98 Å². The second-order valence-corrected chi connectivity index (χ2v) is 4.20. The van der Waals surface area contributed by atoms with Gasteiger partial charge in [-0.2, -0.15) is 0 Å². The molecule has 0 saturated heterocycles. The third kappa shape index (κ3) is 1.31. The van der Waals surface area contributed by atoms with Crippen molar-refractivity contribution in [2.24, 2.45) is 7.05 Å². The highest BCUT2D eigenvalue weighted by Crippen LogP contribution is 2.27. The van der Waals surface area contributed by atoms with Gasteiger partial charge in [0.15, 0.2) is 0 Å². The van der Waals surface area contributed by atoms with Crippen LogP contribution in [0.15, 0.2) is 0 Å². The third-order valence-corrected chi connectivity index (χ3v) is 2.06. The van der Waals surface area contributed by atoms with E-state index in [1.54, 1.807) is 0 Å². The van der Waals surface area contributed by atoms with Gasteiger partial charge in [0.1, 0.15) is 11.6 Å². The normalized spacial score (nSPS) is 12.1. The lowest BCUT2D eigenvalue weighted by atomic mass is 9.92. The average molecular weight is 167 g/mol. The van der Waals surface area contributed by atoms with Crippen LogP contribution in [-0.2, 0) is 12.5 Å². The molecule has 3 heteroatoms. The van der Waals surface area contributed by atoms with Crippen molar-refractivity contribution in [1.82, 2.24) is 9.55 Å². The number of rotatable bonds is 0. The van der Waals surface area contributed by atoms with Gasteiger partial charge < -0.3 is 10.3 Å². The molecule has 0 aliphatic rings. The summed E-state index contributed by atoms with van der Waals surface area (Å²) >= 11 is 0. The fraction of sp³-hybridized carbons (Fsp3) is 0.667. The molecule has 0 spiro atoms. The van der Waals surface area contributed by atoms with Crippen molar-refractivity contribution in [1.29, 1.82) is 0 Å². The molecular formula is C9H17N3. The van der Waals surface area contributed by atoms with Crippen LogP contribution in [0.5, 0.6) is 0 Å². The second kappa shape index (κ2) is 2.51. The quantitative estimate of drug-likeness (QED) is 0.638. The van der Waals surface area contributed by atoms with Crippen LogP contribution in [0.25, 0.3) is 0 Å². The predicted octanol–water partition coefficient (Wildman–Crippen LogP) is 1.61. The van der Waals surface area contributed by atoms with Crippen LogP contribution >= 0.6 is 0 Å². The predicted molar refractivity (Wildman–Crippen MR) is 51.1 cm³/mol. The standard InChI is InChI=1S/C9H17N3/c1-6-11-8(10)7(12(6)5)9(2,3)4/h10H2,1-5H3. The van der Waals surface area contributed by atoms with Crippen molar-refractivity contribution in [3.8, 4) is 0 Å². The van der Waals surface area contributed by atoms with E-state index in [1.165, 1.54) is 0 Å². The minimum Gasteiger partial charge on any atom is -0.382 e. The monoisotopic (exact) mass is 167 g/mol. The van der Waals surface area contributed by atoms with Gasteiger partial charge in [-0.1, -0.05) is 20.8 Å². The molecule has 0 unspecified atom stereocenters. The lowest BCUT2D eigenvalue weighted by Crippen LogP contribution is -2.18. The third-order valence-electron chi connectivity index (χ3n) is 2.06. The SMILES string of the molecule is Cc1nc(N)c(C(C)(C)C)n1C. The Morgan fingerprint density at radius 2 is 1.83 bits per heavy atom. The summed E-state index contributed by atoms with van der Waals surface area (Å²) in [5.41, 5.74) is 6.98. The van der Waals surface area contributed by atoms with Crippen LogP contribution in [0.2, 0.25) is 0 Å². The Balaban J connectivity index is 3.32. The number of hydrogen-bond acceptors (Lipinski definition) is 2. The molecule has 0 bridgehead atoms. The van der Waals surface area contributed by atoms with Crippen molar-refractivity contribution >= 4 is 5.82 Å². The highest BCUT2D eigenvalue weighted by molar-refractivity contribution is 5.41. The molecule has 68 valence electrons. The van der Waals surface area contributed by atoms with E-state index in [2.05, 4.69) is 30.3 Å². The molecule has 1 rings (SSSR count). The molecule has 12 heavy (non-hydrogen) atoms. The smallest absolute Gasteiger partial charge is 0.145 e. The Morgan fingerprint density at radius 1 is 1.33 bits per heavy atom. The Kier molecular flexibility index (Phi) is 1.90. The first-order chi connectivity index (χ1) is 5.34. The number of aromatic nitrogens is 2. The lowest BCUT2D eigenvalue weighted by molar-refractivity contribution is 0.542. The van der Waals surface area contributed by atoms with Gasteiger partial charge in [-0.3, -0.25) is 0 Å². The van der Waals surface area contributed by atoms with E-state index in [-0.39, 0.29) is 5.41 Å². The number of imidazole rings is 1. The van der Waals surface area contributed by atoms with E-state index in [9.17, 15) is 0 Å². The second-order valence-electron chi connectivity index (χ2n) is 4.20. The molecule has 0 atom stereocenters. The highest BCUT2D eigenvalue weighted by atomic mass is 15.1. The Labute approximate surface area is 73.6 Å². The molecule has 1 aromatic rings. The Bertz CT molecular complexity index is 291. The van der Waals surface area contributed by atoms with E-state index in [0.717, 1.165) is 11.5 Å². The number of anilines is 1. The zero-order chi connectivity index (χ0) is 9.52. The minimum absolute atomic E-state index is 0.0695. The molecular weight excluding hydrogens is 150 g/mol. The van der Waals surface area contributed by atoms with E-state index in [1.807, 2.05) is 14.0 Å². The zero-order valence-electron chi connectivity index (χ0n) is 8.47. The maximum atomic E-state index is 5.80. The summed E-state index contributed by atoms with van der Waals surface area (Å²) in [6.45, 7) is 8.38. The molecule has 2 N–H and O–H groups in total. The van der Waals surface area contributed by atoms with Crippen LogP contribution in [0.3, 0.4) is 0 Å². The summed E-state index contributed by atoms with van der Waals surface area (Å²) in [6.07, 6.45) is 0. The van der Waals surface area contributed by atoms with E-state index in [0.29, 0.717) is 5.82 Å². The molecule has 0 radical (unpaired) electrons. The van der Waals surface area contributed by atoms with Crippen molar-refractivity contribution in [3.05, 3.63) is 11.5 Å².